The lowest BCUT2D eigenvalue weighted by Gasteiger charge is -2.27. The Hall–Kier alpha value is -0.710. The third-order valence-corrected chi connectivity index (χ3v) is 4.49. The molecule has 0 saturated heterocycles. The van der Waals surface area contributed by atoms with Crippen molar-refractivity contribution < 1.29 is 4.79 Å². The Labute approximate surface area is 131 Å². The first-order valence-corrected chi connectivity index (χ1v) is 8.11. The van der Waals surface area contributed by atoms with E-state index >= 15 is 0 Å². The van der Waals surface area contributed by atoms with Crippen LogP contribution in [0.2, 0.25) is 0 Å². The molecular formula is C15H23ClN2OS. The minimum absolute atomic E-state index is 0. The molecule has 0 bridgehead atoms. The van der Waals surface area contributed by atoms with Gasteiger partial charge >= 0.3 is 0 Å². The number of hydrogen-bond acceptors (Lipinski definition) is 3. The Morgan fingerprint density at radius 1 is 1.40 bits per heavy atom. The fraction of sp³-hybridized carbons (Fsp3) is 0.533. The van der Waals surface area contributed by atoms with E-state index < -0.39 is 0 Å². The number of thioether (sulfide) groups is 1. The molecule has 1 aromatic rings. The van der Waals surface area contributed by atoms with E-state index in [0.29, 0.717) is 12.3 Å². The molecule has 0 aliphatic heterocycles. The summed E-state index contributed by atoms with van der Waals surface area (Å²) in [6, 6.07) is 8.13. The summed E-state index contributed by atoms with van der Waals surface area (Å²) in [7, 11) is 0. The molecule has 1 fully saturated rings. The molecule has 112 valence electrons. The lowest BCUT2D eigenvalue weighted by Crippen LogP contribution is -2.35. The van der Waals surface area contributed by atoms with E-state index in [1.807, 2.05) is 30.5 Å². The third-order valence-electron chi connectivity index (χ3n) is 3.77. The molecule has 0 spiro atoms. The van der Waals surface area contributed by atoms with E-state index in [4.69, 9.17) is 5.73 Å². The largest absolute Gasteiger partial charge is 0.327 e. The summed E-state index contributed by atoms with van der Waals surface area (Å²) in [6.45, 7) is 0. The van der Waals surface area contributed by atoms with Crippen LogP contribution in [0.4, 0.5) is 5.69 Å². The molecular weight excluding hydrogens is 292 g/mol. The highest BCUT2D eigenvalue weighted by Crippen LogP contribution is 2.26. The van der Waals surface area contributed by atoms with Crippen LogP contribution in [0.5, 0.6) is 0 Å². The van der Waals surface area contributed by atoms with Crippen LogP contribution < -0.4 is 11.1 Å². The average Bonchev–Trinajstić information content (AvgIpc) is 2.41. The van der Waals surface area contributed by atoms with Crippen molar-refractivity contribution in [2.45, 2.75) is 43.0 Å². The van der Waals surface area contributed by atoms with Crippen molar-refractivity contribution in [3.8, 4) is 0 Å². The number of rotatable bonds is 4. The van der Waals surface area contributed by atoms with Crippen molar-refractivity contribution in [1.29, 1.82) is 0 Å². The van der Waals surface area contributed by atoms with Crippen LogP contribution in [-0.4, -0.2) is 18.2 Å². The number of nitrogens with one attached hydrogen (secondary N) is 1. The molecule has 0 aromatic heterocycles. The van der Waals surface area contributed by atoms with E-state index in [2.05, 4.69) is 5.32 Å². The summed E-state index contributed by atoms with van der Waals surface area (Å²) in [6.07, 6.45) is 7.12. The van der Waals surface area contributed by atoms with Gasteiger partial charge in [0, 0.05) is 23.0 Å². The van der Waals surface area contributed by atoms with Gasteiger partial charge in [-0.1, -0.05) is 18.9 Å². The molecule has 3 nitrogen and oxygen atoms in total. The second-order valence-corrected chi connectivity index (χ2v) is 6.07. The van der Waals surface area contributed by atoms with Gasteiger partial charge in [0.25, 0.3) is 0 Å². The standard InChI is InChI=1S/C15H22N2OS.ClH/c1-19-13-7-4-6-12(10-13)17-15(18)9-11-5-2-3-8-14(11)16;/h4,6-7,10-11,14H,2-3,5,8-9,16H2,1H3,(H,17,18);1H. The topological polar surface area (TPSA) is 55.1 Å². The fourth-order valence-electron chi connectivity index (χ4n) is 2.64. The molecule has 2 atom stereocenters. The molecule has 3 N–H and O–H groups in total. The maximum Gasteiger partial charge on any atom is 0.224 e. The summed E-state index contributed by atoms with van der Waals surface area (Å²) in [4.78, 5) is 13.2. The van der Waals surface area contributed by atoms with Crippen LogP contribution in [0, 0.1) is 5.92 Å². The van der Waals surface area contributed by atoms with Gasteiger partial charge in [0.1, 0.15) is 0 Å². The number of carbonyl (C=O) groups is 1. The number of hydrogen-bond donors (Lipinski definition) is 2. The Balaban J connectivity index is 0.00000200. The molecule has 0 radical (unpaired) electrons. The van der Waals surface area contributed by atoms with E-state index in [-0.39, 0.29) is 24.4 Å². The number of nitrogens with two attached hydrogens (primary N) is 1. The lowest BCUT2D eigenvalue weighted by atomic mass is 9.83. The number of anilines is 1. The first kappa shape index (κ1) is 17.3. The van der Waals surface area contributed by atoms with Crippen LogP contribution >= 0.6 is 24.2 Å². The third kappa shape index (κ3) is 5.00. The van der Waals surface area contributed by atoms with Crippen LogP contribution in [0.15, 0.2) is 29.2 Å². The molecule has 1 amide bonds. The molecule has 1 aliphatic carbocycles. The van der Waals surface area contributed by atoms with Crippen LogP contribution in [0.3, 0.4) is 0 Å². The van der Waals surface area contributed by atoms with Gasteiger partial charge in [0.2, 0.25) is 5.91 Å². The summed E-state index contributed by atoms with van der Waals surface area (Å²) >= 11 is 1.67. The van der Waals surface area contributed by atoms with Crippen molar-refractivity contribution in [1.82, 2.24) is 0 Å². The first-order chi connectivity index (χ1) is 9.19. The second kappa shape index (κ2) is 8.55. The van der Waals surface area contributed by atoms with Crippen LogP contribution in [0.25, 0.3) is 0 Å². The smallest absolute Gasteiger partial charge is 0.224 e. The zero-order valence-electron chi connectivity index (χ0n) is 11.8. The Morgan fingerprint density at radius 3 is 2.85 bits per heavy atom. The number of benzene rings is 1. The highest BCUT2D eigenvalue weighted by atomic mass is 35.5. The van der Waals surface area contributed by atoms with Crippen molar-refractivity contribution >= 4 is 35.8 Å². The fourth-order valence-corrected chi connectivity index (χ4v) is 3.10. The Kier molecular flexibility index (Phi) is 7.41. The van der Waals surface area contributed by atoms with Crippen molar-refractivity contribution in [2.24, 2.45) is 11.7 Å². The van der Waals surface area contributed by atoms with Crippen molar-refractivity contribution in [2.75, 3.05) is 11.6 Å². The minimum Gasteiger partial charge on any atom is -0.327 e. The highest BCUT2D eigenvalue weighted by Gasteiger charge is 2.24. The van der Waals surface area contributed by atoms with Gasteiger partial charge in [-0.25, -0.2) is 0 Å². The van der Waals surface area contributed by atoms with Gasteiger partial charge in [0.15, 0.2) is 0 Å². The van der Waals surface area contributed by atoms with Crippen molar-refractivity contribution in [3.05, 3.63) is 24.3 Å². The molecule has 1 saturated carbocycles. The summed E-state index contributed by atoms with van der Waals surface area (Å²) in [5, 5.41) is 2.98. The van der Waals surface area contributed by atoms with Crippen LogP contribution in [-0.2, 0) is 4.79 Å². The maximum atomic E-state index is 12.1. The molecule has 0 heterocycles. The highest BCUT2D eigenvalue weighted by molar-refractivity contribution is 7.98. The van der Waals surface area contributed by atoms with Gasteiger partial charge in [-0.15, -0.1) is 24.2 Å². The predicted octanol–water partition coefficient (Wildman–Crippen LogP) is 3.68. The summed E-state index contributed by atoms with van der Waals surface area (Å²) < 4.78 is 0. The van der Waals surface area contributed by atoms with E-state index in [1.165, 1.54) is 12.8 Å². The van der Waals surface area contributed by atoms with Gasteiger partial charge < -0.3 is 11.1 Å². The molecule has 2 unspecified atom stereocenters. The van der Waals surface area contributed by atoms with E-state index in [9.17, 15) is 4.79 Å². The van der Waals surface area contributed by atoms with Gasteiger partial charge in [0.05, 0.1) is 0 Å². The zero-order chi connectivity index (χ0) is 13.7. The summed E-state index contributed by atoms with van der Waals surface area (Å²) in [5.41, 5.74) is 6.96. The van der Waals surface area contributed by atoms with Crippen LogP contribution in [0.1, 0.15) is 32.1 Å². The van der Waals surface area contributed by atoms with E-state index in [0.717, 1.165) is 23.4 Å². The average molecular weight is 315 g/mol. The molecule has 1 aliphatic rings. The normalized spacial score (nSPS) is 21.9. The van der Waals surface area contributed by atoms with Crippen molar-refractivity contribution in [3.63, 3.8) is 0 Å². The first-order valence-electron chi connectivity index (χ1n) is 6.88. The Morgan fingerprint density at radius 2 is 2.15 bits per heavy atom. The molecule has 5 heteroatoms. The van der Waals surface area contributed by atoms with Gasteiger partial charge in [-0.3, -0.25) is 4.79 Å². The monoisotopic (exact) mass is 314 g/mol. The van der Waals surface area contributed by atoms with Gasteiger partial charge in [-0.05, 0) is 43.2 Å². The number of amides is 1. The van der Waals surface area contributed by atoms with E-state index in [1.54, 1.807) is 11.8 Å². The number of halogens is 1. The predicted molar refractivity (Wildman–Crippen MR) is 88.7 cm³/mol. The zero-order valence-corrected chi connectivity index (χ0v) is 13.4. The summed E-state index contributed by atoms with van der Waals surface area (Å²) in [5.74, 6) is 0.429. The molecule has 1 aromatic carbocycles. The number of carbonyl (C=O) groups excluding carboxylic acids is 1. The minimum atomic E-state index is 0. The molecule has 20 heavy (non-hydrogen) atoms. The lowest BCUT2D eigenvalue weighted by molar-refractivity contribution is -0.117. The Bertz CT molecular complexity index is 442. The SMILES string of the molecule is CSc1cccc(NC(=O)CC2CCCCC2N)c1.Cl. The van der Waals surface area contributed by atoms with Gasteiger partial charge in [-0.2, -0.15) is 0 Å². The quantitative estimate of drug-likeness (QED) is 0.834. The maximum absolute atomic E-state index is 12.1. The second-order valence-electron chi connectivity index (χ2n) is 5.19. The molecule has 2 rings (SSSR count).